The fourth-order valence-corrected chi connectivity index (χ4v) is 3.71. The molecule has 1 heterocycles. The van der Waals surface area contributed by atoms with Gasteiger partial charge in [-0.1, -0.05) is 55.7 Å². The van der Waals surface area contributed by atoms with Crippen LogP contribution in [-0.4, -0.2) is 9.55 Å². The zero-order chi connectivity index (χ0) is 14.9. The third-order valence-electron chi connectivity index (χ3n) is 4.82. The molecule has 1 fully saturated rings. The minimum absolute atomic E-state index is 0.594. The maximum Gasteiger partial charge on any atom is 0.141 e. The molecule has 0 atom stereocenters. The van der Waals surface area contributed by atoms with Crippen LogP contribution in [0.2, 0.25) is 0 Å². The van der Waals surface area contributed by atoms with E-state index in [0.29, 0.717) is 6.04 Å². The van der Waals surface area contributed by atoms with Crippen LogP contribution in [-0.2, 0) is 0 Å². The van der Waals surface area contributed by atoms with Crippen LogP contribution in [0.4, 0.5) is 0 Å². The van der Waals surface area contributed by atoms with Crippen LogP contribution in [0.25, 0.3) is 22.4 Å². The Kier molecular flexibility index (Phi) is 3.45. The number of nitrogens with zero attached hydrogens (tertiary/aromatic N) is 2. The van der Waals surface area contributed by atoms with Gasteiger partial charge in [0.2, 0.25) is 0 Å². The van der Waals surface area contributed by atoms with Crippen molar-refractivity contribution in [3.8, 4) is 11.4 Å². The smallest absolute Gasteiger partial charge is 0.141 e. The third kappa shape index (κ3) is 2.33. The number of hydrogen-bond donors (Lipinski definition) is 0. The molecule has 0 amide bonds. The van der Waals surface area contributed by atoms with E-state index in [-0.39, 0.29) is 0 Å². The van der Waals surface area contributed by atoms with Crippen LogP contribution in [0.3, 0.4) is 0 Å². The van der Waals surface area contributed by atoms with Gasteiger partial charge in [-0.05, 0) is 37.5 Å². The van der Waals surface area contributed by atoms with E-state index < -0.39 is 0 Å². The van der Waals surface area contributed by atoms with Gasteiger partial charge in [-0.2, -0.15) is 0 Å². The second-order valence-electron chi connectivity index (χ2n) is 6.46. The molecule has 1 saturated carbocycles. The summed E-state index contributed by atoms with van der Waals surface area (Å²) < 4.78 is 2.50. The summed E-state index contributed by atoms with van der Waals surface area (Å²) >= 11 is 0. The fraction of sp³-hybridized carbons (Fsp3) is 0.350. The molecule has 22 heavy (non-hydrogen) atoms. The lowest BCUT2D eigenvalue weighted by Gasteiger charge is -2.25. The topological polar surface area (TPSA) is 17.8 Å². The molecule has 3 aromatic rings. The van der Waals surface area contributed by atoms with Gasteiger partial charge < -0.3 is 4.57 Å². The fourth-order valence-electron chi connectivity index (χ4n) is 3.71. The van der Waals surface area contributed by atoms with Gasteiger partial charge in [0, 0.05) is 11.6 Å². The van der Waals surface area contributed by atoms with Gasteiger partial charge >= 0.3 is 0 Å². The number of benzene rings is 2. The molecule has 0 N–H and O–H groups in total. The lowest BCUT2D eigenvalue weighted by atomic mass is 9.95. The second-order valence-corrected chi connectivity index (χ2v) is 6.46. The lowest BCUT2D eigenvalue weighted by molar-refractivity contribution is 0.362. The molecular weight excluding hydrogens is 268 g/mol. The number of imidazole rings is 1. The molecule has 0 radical (unpaired) electrons. The molecular formula is C20H22N2. The largest absolute Gasteiger partial charge is 0.321 e. The van der Waals surface area contributed by atoms with Crippen molar-refractivity contribution in [2.24, 2.45) is 0 Å². The first-order chi connectivity index (χ1) is 10.8. The Hall–Kier alpha value is -2.09. The van der Waals surface area contributed by atoms with Crippen LogP contribution >= 0.6 is 0 Å². The zero-order valence-electron chi connectivity index (χ0n) is 13.1. The molecule has 0 unspecified atom stereocenters. The van der Waals surface area contributed by atoms with Crippen molar-refractivity contribution in [2.45, 2.75) is 45.1 Å². The summed E-state index contributed by atoms with van der Waals surface area (Å²) in [5.41, 5.74) is 4.92. The molecule has 2 heteroatoms. The summed E-state index contributed by atoms with van der Waals surface area (Å²) in [6.07, 6.45) is 6.61. The summed E-state index contributed by atoms with van der Waals surface area (Å²) in [5, 5.41) is 0. The highest BCUT2D eigenvalue weighted by atomic mass is 15.1. The first-order valence-corrected chi connectivity index (χ1v) is 8.37. The molecule has 0 saturated heterocycles. The van der Waals surface area contributed by atoms with Crippen molar-refractivity contribution in [1.82, 2.24) is 9.55 Å². The minimum atomic E-state index is 0.594. The molecule has 1 aliphatic rings. The number of aryl methyl sites for hydroxylation is 1. The molecule has 0 bridgehead atoms. The van der Waals surface area contributed by atoms with Gasteiger partial charge in [-0.15, -0.1) is 0 Å². The Morgan fingerprint density at radius 1 is 0.955 bits per heavy atom. The van der Waals surface area contributed by atoms with Crippen molar-refractivity contribution in [3.05, 3.63) is 54.1 Å². The maximum absolute atomic E-state index is 4.98. The van der Waals surface area contributed by atoms with Gasteiger partial charge in [-0.25, -0.2) is 4.98 Å². The summed E-state index contributed by atoms with van der Waals surface area (Å²) in [6, 6.07) is 17.9. The summed E-state index contributed by atoms with van der Waals surface area (Å²) in [5.74, 6) is 1.13. The first-order valence-electron chi connectivity index (χ1n) is 8.37. The van der Waals surface area contributed by atoms with Gasteiger partial charge in [0.15, 0.2) is 0 Å². The first kappa shape index (κ1) is 13.6. The van der Waals surface area contributed by atoms with E-state index in [0.717, 1.165) is 11.3 Å². The second kappa shape index (κ2) is 5.60. The quantitative estimate of drug-likeness (QED) is 0.608. The molecule has 1 aliphatic carbocycles. The Bertz CT molecular complexity index is 780. The van der Waals surface area contributed by atoms with Crippen molar-refractivity contribution in [1.29, 1.82) is 0 Å². The van der Waals surface area contributed by atoms with E-state index in [4.69, 9.17) is 4.98 Å². The van der Waals surface area contributed by atoms with Crippen LogP contribution in [0.15, 0.2) is 48.5 Å². The Labute approximate surface area is 131 Å². The monoisotopic (exact) mass is 290 g/mol. The number of aromatic nitrogens is 2. The predicted molar refractivity (Wildman–Crippen MR) is 92.0 cm³/mol. The number of hydrogen-bond acceptors (Lipinski definition) is 1. The number of fused-ring (bicyclic) bond motifs is 1. The third-order valence-corrected chi connectivity index (χ3v) is 4.82. The van der Waals surface area contributed by atoms with E-state index in [2.05, 4.69) is 60.0 Å². The van der Waals surface area contributed by atoms with Crippen LogP contribution in [0.1, 0.15) is 43.7 Å². The molecule has 0 spiro atoms. The zero-order valence-corrected chi connectivity index (χ0v) is 13.1. The average molecular weight is 290 g/mol. The molecule has 112 valence electrons. The SMILES string of the molecule is Cc1ccc2c(c1)nc(-c1ccccc1)n2C1CCCCC1. The van der Waals surface area contributed by atoms with Gasteiger partial charge in [-0.3, -0.25) is 0 Å². The number of rotatable bonds is 2. The Morgan fingerprint density at radius 2 is 1.73 bits per heavy atom. The highest BCUT2D eigenvalue weighted by Gasteiger charge is 2.22. The summed E-state index contributed by atoms with van der Waals surface area (Å²) in [6.45, 7) is 2.14. The highest BCUT2D eigenvalue weighted by molar-refractivity contribution is 5.81. The Morgan fingerprint density at radius 3 is 2.50 bits per heavy atom. The van der Waals surface area contributed by atoms with E-state index in [1.54, 1.807) is 0 Å². The van der Waals surface area contributed by atoms with E-state index in [1.807, 2.05) is 0 Å². The maximum atomic E-state index is 4.98. The van der Waals surface area contributed by atoms with Gasteiger partial charge in [0.1, 0.15) is 5.82 Å². The summed E-state index contributed by atoms with van der Waals surface area (Å²) in [7, 11) is 0. The molecule has 2 nitrogen and oxygen atoms in total. The Balaban J connectivity index is 1.93. The van der Waals surface area contributed by atoms with Crippen molar-refractivity contribution >= 4 is 11.0 Å². The summed E-state index contributed by atoms with van der Waals surface area (Å²) in [4.78, 5) is 4.98. The standard InChI is InChI=1S/C20H22N2/c1-15-12-13-19-18(14-15)21-20(16-8-4-2-5-9-16)22(19)17-10-6-3-7-11-17/h2,4-5,8-9,12-14,17H,3,6-7,10-11H2,1H3. The van der Waals surface area contributed by atoms with Crippen LogP contribution in [0.5, 0.6) is 0 Å². The average Bonchev–Trinajstić information content (AvgIpc) is 2.95. The molecule has 1 aromatic heterocycles. The van der Waals surface area contributed by atoms with Crippen molar-refractivity contribution in [3.63, 3.8) is 0 Å². The molecule has 4 rings (SSSR count). The minimum Gasteiger partial charge on any atom is -0.321 e. The van der Waals surface area contributed by atoms with Crippen LogP contribution < -0.4 is 0 Å². The van der Waals surface area contributed by atoms with Crippen molar-refractivity contribution in [2.75, 3.05) is 0 Å². The normalized spacial score (nSPS) is 16.2. The van der Waals surface area contributed by atoms with Gasteiger partial charge in [0.05, 0.1) is 11.0 Å². The van der Waals surface area contributed by atoms with E-state index in [9.17, 15) is 0 Å². The van der Waals surface area contributed by atoms with Gasteiger partial charge in [0.25, 0.3) is 0 Å². The molecule has 2 aromatic carbocycles. The highest BCUT2D eigenvalue weighted by Crippen LogP contribution is 2.35. The van der Waals surface area contributed by atoms with E-state index >= 15 is 0 Å². The van der Waals surface area contributed by atoms with Crippen LogP contribution in [0, 0.1) is 6.92 Å². The predicted octanol–water partition coefficient (Wildman–Crippen LogP) is 5.52. The lowest BCUT2D eigenvalue weighted by Crippen LogP contribution is -2.13. The van der Waals surface area contributed by atoms with Crippen molar-refractivity contribution < 1.29 is 0 Å². The molecule has 0 aliphatic heterocycles. The van der Waals surface area contributed by atoms with E-state index in [1.165, 1.54) is 48.7 Å².